The maximum atomic E-state index is 13.0. The second-order valence-electron chi connectivity index (χ2n) is 6.58. The van der Waals surface area contributed by atoms with E-state index in [1.807, 2.05) is 13.8 Å². The topological polar surface area (TPSA) is 95.6 Å². The second-order valence-corrected chi connectivity index (χ2v) is 6.58. The summed E-state index contributed by atoms with van der Waals surface area (Å²) in [4.78, 5) is 47.6. The van der Waals surface area contributed by atoms with Gasteiger partial charge in [-0.1, -0.05) is 0 Å². The van der Waals surface area contributed by atoms with Crippen molar-refractivity contribution in [2.45, 2.75) is 45.3 Å². The molecule has 1 aromatic rings. The summed E-state index contributed by atoms with van der Waals surface area (Å²) in [5.41, 5.74) is 1.61. The number of aromatic amines is 1. The van der Waals surface area contributed by atoms with Crippen LogP contribution in [0.3, 0.4) is 0 Å². The summed E-state index contributed by atoms with van der Waals surface area (Å²) in [5.74, 6) is -1.07. The molecule has 2 unspecified atom stereocenters. The molecule has 130 valence electrons. The van der Waals surface area contributed by atoms with Crippen molar-refractivity contribution in [2.24, 2.45) is 5.92 Å². The van der Waals surface area contributed by atoms with Crippen molar-refractivity contribution in [1.29, 1.82) is 0 Å². The first-order chi connectivity index (χ1) is 11.4. The third-order valence-electron chi connectivity index (χ3n) is 4.79. The van der Waals surface area contributed by atoms with Crippen molar-refractivity contribution in [1.82, 2.24) is 19.8 Å². The Kier molecular flexibility index (Phi) is 4.29. The first-order valence-corrected chi connectivity index (χ1v) is 8.11. The highest BCUT2D eigenvalue weighted by Crippen LogP contribution is 2.27. The van der Waals surface area contributed by atoms with Gasteiger partial charge in [-0.25, -0.2) is 9.78 Å². The summed E-state index contributed by atoms with van der Waals surface area (Å²) in [6.45, 7) is 4.54. The molecule has 0 aliphatic carbocycles. The van der Waals surface area contributed by atoms with Crippen LogP contribution in [0.4, 0.5) is 0 Å². The lowest BCUT2D eigenvalue weighted by atomic mass is 9.99. The van der Waals surface area contributed by atoms with E-state index in [9.17, 15) is 14.4 Å². The molecule has 0 bridgehead atoms. The van der Waals surface area contributed by atoms with Gasteiger partial charge in [-0.3, -0.25) is 9.59 Å². The fourth-order valence-electron chi connectivity index (χ4n) is 3.44. The highest BCUT2D eigenvalue weighted by Gasteiger charge is 2.43. The highest BCUT2D eigenvalue weighted by atomic mass is 16.5. The van der Waals surface area contributed by atoms with E-state index in [0.29, 0.717) is 13.0 Å². The Morgan fingerprint density at radius 1 is 1.38 bits per heavy atom. The van der Waals surface area contributed by atoms with Crippen LogP contribution < -0.4 is 0 Å². The summed E-state index contributed by atoms with van der Waals surface area (Å²) >= 11 is 0. The molecule has 1 fully saturated rings. The number of hydrogen-bond acceptors (Lipinski definition) is 5. The third kappa shape index (κ3) is 2.76. The molecule has 3 heterocycles. The lowest BCUT2D eigenvalue weighted by molar-refractivity contribution is -0.155. The van der Waals surface area contributed by atoms with E-state index in [0.717, 1.165) is 11.4 Å². The molecule has 0 spiro atoms. The molecule has 0 aromatic carbocycles. The zero-order valence-corrected chi connectivity index (χ0v) is 14.1. The fraction of sp³-hybridized carbons (Fsp3) is 0.625. The quantitative estimate of drug-likeness (QED) is 0.791. The predicted octanol–water partition coefficient (Wildman–Crippen LogP) is 0.0929. The molecular weight excluding hydrogens is 312 g/mol. The molecule has 3 rings (SSSR count). The number of H-pyrrole nitrogens is 1. The first-order valence-electron chi connectivity index (χ1n) is 8.11. The van der Waals surface area contributed by atoms with E-state index in [2.05, 4.69) is 9.97 Å². The van der Waals surface area contributed by atoms with Crippen molar-refractivity contribution in [3.8, 4) is 0 Å². The molecule has 2 aliphatic rings. The molecule has 8 nitrogen and oxygen atoms in total. The minimum absolute atomic E-state index is 0.0165. The van der Waals surface area contributed by atoms with Gasteiger partial charge in [0.05, 0.1) is 37.3 Å². The van der Waals surface area contributed by atoms with Gasteiger partial charge in [0, 0.05) is 25.4 Å². The minimum atomic E-state index is -0.693. The summed E-state index contributed by atoms with van der Waals surface area (Å²) in [6, 6.07) is -0.631. The van der Waals surface area contributed by atoms with Gasteiger partial charge in [0.2, 0.25) is 11.8 Å². The average molecular weight is 334 g/mol. The molecule has 8 heteroatoms. The second kappa shape index (κ2) is 6.26. The first kappa shape index (κ1) is 16.5. The van der Waals surface area contributed by atoms with E-state index in [1.54, 1.807) is 11.2 Å². The minimum Gasteiger partial charge on any atom is -0.467 e. The zero-order valence-electron chi connectivity index (χ0n) is 14.1. The summed E-state index contributed by atoms with van der Waals surface area (Å²) < 4.78 is 4.86. The SMILES string of the molecule is COC(=O)C1Cc2nc[nH]c2CN1C(=O)C1CC(=O)N(C(C)C)C1. The lowest BCUT2D eigenvalue weighted by Crippen LogP contribution is -2.51. The number of likely N-dealkylation sites (tertiary alicyclic amines) is 1. The third-order valence-corrected chi connectivity index (χ3v) is 4.79. The average Bonchev–Trinajstić information content (AvgIpc) is 3.17. The van der Waals surface area contributed by atoms with Gasteiger partial charge >= 0.3 is 5.97 Å². The normalized spacial score (nSPS) is 23.6. The van der Waals surface area contributed by atoms with Crippen LogP contribution in [0.1, 0.15) is 31.7 Å². The summed E-state index contributed by atoms with van der Waals surface area (Å²) in [5, 5.41) is 0. The van der Waals surface area contributed by atoms with E-state index in [4.69, 9.17) is 4.74 Å². The van der Waals surface area contributed by atoms with Crippen LogP contribution in [0.15, 0.2) is 6.33 Å². The molecule has 0 saturated carbocycles. The van der Waals surface area contributed by atoms with Crippen LogP contribution in [0, 0.1) is 5.92 Å². The molecule has 1 aromatic heterocycles. The van der Waals surface area contributed by atoms with E-state index < -0.39 is 17.9 Å². The van der Waals surface area contributed by atoms with E-state index in [-0.39, 0.29) is 30.8 Å². The molecule has 2 atom stereocenters. The Bertz CT molecular complexity index is 669. The molecule has 2 amide bonds. The number of ether oxygens (including phenoxy) is 1. The van der Waals surface area contributed by atoms with Crippen LogP contribution in [-0.4, -0.2) is 63.3 Å². The highest BCUT2D eigenvalue weighted by molar-refractivity contribution is 5.92. The molecule has 24 heavy (non-hydrogen) atoms. The van der Waals surface area contributed by atoms with Crippen molar-refractivity contribution in [3.63, 3.8) is 0 Å². The van der Waals surface area contributed by atoms with Gasteiger partial charge in [0.25, 0.3) is 0 Å². The number of fused-ring (bicyclic) bond motifs is 1. The maximum Gasteiger partial charge on any atom is 0.329 e. The number of carbonyl (C=O) groups is 3. The van der Waals surface area contributed by atoms with E-state index >= 15 is 0 Å². The van der Waals surface area contributed by atoms with Crippen molar-refractivity contribution >= 4 is 17.8 Å². The molecule has 1 N–H and O–H groups in total. The van der Waals surface area contributed by atoms with Gasteiger partial charge in [-0.05, 0) is 13.8 Å². The van der Waals surface area contributed by atoms with Crippen LogP contribution >= 0.6 is 0 Å². The van der Waals surface area contributed by atoms with Crippen LogP contribution in [0.2, 0.25) is 0 Å². The Balaban J connectivity index is 1.82. The van der Waals surface area contributed by atoms with Gasteiger partial charge in [-0.15, -0.1) is 0 Å². The number of amides is 2. The van der Waals surface area contributed by atoms with Gasteiger partial charge in [0.15, 0.2) is 0 Å². The molecular formula is C16H22N4O4. The van der Waals surface area contributed by atoms with Crippen LogP contribution in [0.25, 0.3) is 0 Å². The Hall–Kier alpha value is -2.38. The number of methoxy groups -OCH3 is 1. The lowest BCUT2D eigenvalue weighted by Gasteiger charge is -2.34. The van der Waals surface area contributed by atoms with Gasteiger partial charge in [-0.2, -0.15) is 0 Å². The summed E-state index contributed by atoms with van der Waals surface area (Å²) in [6.07, 6.45) is 2.08. The number of rotatable bonds is 3. The van der Waals surface area contributed by atoms with Gasteiger partial charge in [0.1, 0.15) is 6.04 Å². The number of esters is 1. The predicted molar refractivity (Wildman–Crippen MR) is 83.6 cm³/mol. The zero-order chi connectivity index (χ0) is 17.4. The number of nitrogens with zero attached hydrogens (tertiary/aromatic N) is 3. The smallest absolute Gasteiger partial charge is 0.329 e. The Morgan fingerprint density at radius 3 is 2.75 bits per heavy atom. The van der Waals surface area contributed by atoms with Crippen molar-refractivity contribution in [3.05, 3.63) is 17.7 Å². The van der Waals surface area contributed by atoms with Crippen molar-refractivity contribution < 1.29 is 19.1 Å². The monoisotopic (exact) mass is 334 g/mol. The van der Waals surface area contributed by atoms with Crippen LogP contribution in [-0.2, 0) is 32.1 Å². The maximum absolute atomic E-state index is 13.0. The Labute approximate surface area is 140 Å². The van der Waals surface area contributed by atoms with Gasteiger partial charge < -0.3 is 19.5 Å². The number of hydrogen-bond donors (Lipinski definition) is 1. The number of aromatic nitrogens is 2. The standard InChI is InChI=1S/C16H22N4O4/c1-9(2)19-6-10(4-14(19)21)15(22)20-7-12-11(17-8-18-12)5-13(20)16(23)24-3/h8-10,13H,4-7H2,1-3H3,(H,17,18). The summed E-state index contributed by atoms with van der Waals surface area (Å²) in [7, 11) is 1.31. The molecule has 1 saturated heterocycles. The number of imidazole rings is 1. The number of carbonyl (C=O) groups excluding carboxylic acids is 3. The molecule has 0 radical (unpaired) electrons. The Morgan fingerprint density at radius 2 is 2.12 bits per heavy atom. The van der Waals surface area contributed by atoms with Crippen molar-refractivity contribution in [2.75, 3.05) is 13.7 Å². The van der Waals surface area contributed by atoms with E-state index in [1.165, 1.54) is 12.0 Å². The molecule has 2 aliphatic heterocycles. The number of nitrogens with one attached hydrogen (secondary N) is 1. The van der Waals surface area contributed by atoms with Crippen LogP contribution in [0.5, 0.6) is 0 Å². The largest absolute Gasteiger partial charge is 0.467 e. The fourth-order valence-corrected chi connectivity index (χ4v) is 3.44.